The number of furan rings is 1. The summed E-state index contributed by atoms with van der Waals surface area (Å²) in [7, 11) is 0. The minimum Gasteiger partial charge on any atom is -0.493 e. The molecule has 0 amide bonds. The lowest BCUT2D eigenvalue weighted by atomic mass is 10.2. The number of aromatic hydroxyl groups is 1. The Morgan fingerprint density at radius 3 is 2.85 bits per heavy atom. The molecule has 132 valence electrons. The number of thioether (sulfide) groups is 1. The maximum atomic E-state index is 13.7. The van der Waals surface area contributed by atoms with Crippen molar-refractivity contribution >= 4 is 17.4 Å². The Labute approximate surface area is 151 Å². The van der Waals surface area contributed by atoms with Crippen molar-refractivity contribution < 1.29 is 18.3 Å². The highest BCUT2D eigenvalue weighted by atomic mass is 32.2. The molecule has 1 aromatic carbocycles. The number of rotatable bonds is 4. The molecule has 3 heterocycles. The molecule has 1 N–H and O–H groups in total. The van der Waals surface area contributed by atoms with Crippen LogP contribution in [0, 0.1) is 18.6 Å². The molecule has 0 fully saturated rings. The molecule has 4 rings (SSSR count). The fourth-order valence-corrected chi connectivity index (χ4v) is 3.46. The van der Waals surface area contributed by atoms with E-state index in [2.05, 4.69) is 10.1 Å². The lowest BCUT2D eigenvalue weighted by Crippen LogP contribution is -1.96. The Morgan fingerprint density at radius 1 is 1.23 bits per heavy atom. The highest BCUT2D eigenvalue weighted by Crippen LogP contribution is 2.29. The smallest absolute Gasteiger partial charge is 0.215 e. The number of fused-ring (bicyclic) bond motifs is 1. The van der Waals surface area contributed by atoms with Crippen molar-refractivity contribution in [1.82, 2.24) is 14.6 Å². The van der Waals surface area contributed by atoms with E-state index in [-0.39, 0.29) is 16.5 Å². The van der Waals surface area contributed by atoms with Gasteiger partial charge in [-0.25, -0.2) is 13.8 Å². The highest BCUT2D eigenvalue weighted by molar-refractivity contribution is 7.98. The third-order valence-corrected chi connectivity index (χ3v) is 4.95. The summed E-state index contributed by atoms with van der Waals surface area (Å²) in [6.07, 6.45) is 1.57. The monoisotopic (exact) mass is 373 g/mol. The maximum Gasteiger partial charge on any atom is 0.215 e. The molecule has 0 unspecified atom stereocenters. The fourth-order valence-electron chi connectivity index (χ4n) is 2.61. The van der Waals surface area contributed by atoms with Crippen molar-refractivity contribution in [3.8, 4) is 17.1 Å². The average molecular weight is 373 g/mol. The van der Waals surface area contributed by atoms with E-state index in [0.717, 1.165) is 23.4 Å². The van der Waals surface area contributed by atoms with Gasteiger partial charge >= 0.3 is 0 Å². The molecule has 0 radical (unpaired) electrons. The molecule has 0 atom stereocenters. The van der Waals surface area contributed by atoms with Crippen molar-refractivity contribution in [3.05, 3.63) is 65.7 Å². The predicted molar refractivity (Wildman–Crippen MR) is 93.0 cm³/mol. The molecule has 0 aliphatic heterocycles. The van der Waals surface area contributed by atoms with Crippen molar-refractivity contribution in [3.63, 3.8) is 0 Å². The van der Waals surface area contributed by atoms with E-state index in [1.807, 2.05) is 6.92 Å². The third kappa shape index (κ3) is 2.92. The first kappa shape index (κ1) is 16.6. The van der Waals surface area contributed by atoms with Crippen LogP contribution in [0.4, 0.5) is 8.78 Å². The topological polar surface area (TPSA) is 63.6 Å². The molecule has 5 nitrogen and oxygen atoms in total. The van der Waals surface area contributed by atoms with Gasteiger partial charge in [0.25, 0.3) is 0 Å². The summed E-state index contributed by atoms with van der Waals surface area (Å²) >= 11 is 1.11. The normalized spacial score (nSPS) is 11.3. The van der Waals surface area contributed by atoms with E-state index < -0.39 is 11.6 Å². The number of halogens is 2. The summed E-state index contributed by atoms with van der Waals surface area (Å²) in [5.74, 6) is -0.875. The van der Waals surface area contributed by atoms with Crippen LogP contribution < -0.4 is 0 Å². The quantitative estimate of drug-likeness (QED) is 0.531. The zero-order chi connectivity index (χ0) is 18.3. The minimum absolute atomic E-state index is 0.0855. The number of hydrogen-bond acceptors (Lipinski definition) is 5. The van der Waals surface area contributed by atoms with Gasteiger partial charge in [-0.05, 0) is 25.1 Å². The van der Waals surface area contributed by atoms with Gasteiger partial charge in [-0.3, -0.25) is 0 Å². The summed E-state index contributed by atoms with van der Waals surface area (Å²) in [5.41, 5.74) is 2.42. The number of aromatic nitrogens is 3. The number of hydrogen-bond donors (Lipinski definition) is 1. The molecule has 8 heteroatoms. The first-order chi connectivity index (χ1) is 12.5. The molecule has 0 spiro atoms. The van der Waals surface area contributed by atoms with Crippen LogP contribution in [-0.4, -0.2) is 19.7 Å². The van der Waals surface area contributed by atoms with Crippen LogP contribution in [0.1, 0.15) is 11.5 Å². The van der Waals surface area contributed by atoms with Gasteiger partial charge in [0.2, 0.25) is 5.88 Å². The predicted octanol–water partition coefficient (Wildman–Crippen LogP) is 4.57. The molecule has 26 heavy (non-hydrogen) atoms. The van der Waals surface area contributed by atoms with E-state index in [1.165, 1.54) is 22.7 Å². The van der Waals surface area contributed by atoms with Gasteiger partial charge in [0.15, 0.2) is 17.3 Å². The summed E-state index contributed by atoms with van der Waals surface area (Å²) in [6, 6.07) is 8.99. The van der Waals surface area contributed by atoms with Crippen molar-refractivity contribution in [1.29, 1.82) is 0 Å². The molecule has 4 aromatic rings. The average Bonchev–Trinajstić information content (AvgIpc) is 3.22. The molecular formula is C18H13F2N3O2S. The molecule has 0 aliphatic carbocycles. The Hall–Kier alpha value is -2.87. The Bertz CT molecular complexity index is 1110. The number of benzene rings is 1. The Kier molecular flexibility index (Phi) is 4.12. The number of nitrogens with zero attached hydrogens (tertiary/aromatic N) is 3. The van der Waals surface area contributed by atoms with Gasteiger partial charge in [-0.15, -0.1) is 11.8 Å². The van der Waals surface area contributed by atoms with E-state index in [0.29, 0.717) is 22.8 Å². The van der Waals surface area contributed by atoms with Gasteiger partial charge < -0.3 is 9.52 Å². The SMILES string of the molecule is Cc1occc1-c1cc2nc(CSc3cccc(F)c3F)cc(O)n2n1. The van der Waals surface area contributed by atoms with Crippen LogP contribution in [0.25, 0.3) is 16.9 Å². The van der Waals surface area contributed by atoms with Crippen molar-refractivity contribution in [2.24, 2.45) is 0 Å². The van der Waals surface area contributed by atoms with Gasteiger partial charge in [-0.1, -0.05) is 6.07 Å². The molecular weight excluding hydrogens is 360 g/mol. The molecule has 0 saturated heterocycles. The van der Waals surface area contributed by atoms with Gasteiger partial charge in [0.1, 0.15) is 5.76 Å². The second-order valence-corrected chi connectivity index (χ2v) is 6.65. The van der Waals surface area contributed by atoms with Gasteiger partial charge in [-0.2, -0.15) is 9.61 Å². The van der Waals surface area contributed by atoms with Crippen LogP contribution in [-0.2, 0) is 5.75 Å². The molecule has 3 aromatic heterocycles. The third-order valence-electron chi connectivity index (χ3n) is 3.89. The minimum atomic E-state index is -0.892. The van der Waals surface area contributed by atoms with Crippen molar-refractivity contribution in [2.45, 2.75) is 17.6 Å². The second kappa shape index (κ2) is 6.45. The van der Waals surface area contributed by atoms with E-state index in [1.54, 1.807) is 18.4 Å². The van der Waals surface area contributed by atoms with Crippen LogP contribution in [0.15, 0.2) is 52.0 Å². The summed E-state index contributed by atoms with van der Waals surface area (Å²) in [6.45, 7) is 1.82. The first-order valence-electron chi connectivity index (χ1n) is 7.73. The van der Waals surface area contributed by atoms with E-state index in [4.69, 9.17) is 4.42 Å². The molecule has 0 saturated carbocycles. The number of aryl methyl sites for hydroxylation is 1. The Balaban J connectivity index is 1.64. The summed E-state index contributed by atoms with van der Waals surface area (Å²) < 4.78 is 33.6. The van der Waals surface area contributed by atoms with E-state index in [9.17, 15) is 13.9 Å². The summed E-state index contributed by atoms with van der Waals surface area (Å²) in [5, 5.41) is 14.6. The lowest BCUT2D eigenvalue weighted by Gasteiger charge is -2.05. The zero-order valence-electron chi connectivity index (χ0n) is 13.6. The maximum absolute atomic E-state index is 13.7. The fraction of sp³-hybridized carbons (Fsp3) is 0.111. The van der Waals surface area contributed by atoms with E-state index >= 15 is 0 Å². The van der Waals surface area contributed by atoms with Gasteiger partial charge in [0, 0.05) is 28.3 Å². The first-order valence-corrected chi connectivity index (χ1v) is 8.71. The largest absolute Gasteiger partial charge is 0.493 e. The Morgan fingerprint density at radius 2 is 2.08 bits per heavy atom. The van der Waals surface area contributed by atoms with Crippen molar-refractivity contribution in [2.75, 3.05) is 0 Å². The lowest BCUT2D eigenvalue weighted by molar-refractivity contribution is 0.434. The van der Waals surface area contributed by atoms with Crippen LogP contribution >= 0.6 is 11.8 Å². The zero-order valence-corrected chi connectivity index (χ0v) is 14.4. The summed E-state index contributed by atoms with van der Waals surface area (Å²) in [4.78, 5) is 4.63. The van der Waals surface area contributed by atoms with Crippen LogP contribution in [0.5, 0.6) is 5.88 Å². The molecule has 0 bridgehead atoms. The molecule has 0 aliphatic rings. The van der Waals surface area contributed by atoms with Gasteiger partial charge in [0.05, 0.1) is 17.7 Å². The standard InChI is InChI=1S/C18H13F2N3O2S/c1-10-12(5-6-25-10)14-8-16-21-11(7-17(24)23(16)22-14)9-26-15-4-2-3-13(19)18(15)20/h2-8,24H,9H2,1H3. The highest BCUT2D eigenvalue weighted by Gasteiger charge is 2.14. The van der Waals surface area contributed by atoms with Crippen LogP contribution in [0.3, 0.4) is 0 Å². The second-order valence-electron chi connectivity index (χ2n) is 5.64. The van der Waals surface area contributed by atoms with Crippen LogP contribution in [0.2, 0.25) is 0 Å².